The van der Waals surface area contributed by atoms with Gasteiger partial charge in [-0.15, -0.1) is 0 Å². The van der Waals surface area contributed by atoms with Gasteiger partial charge in [-0.3, -0.25) is 14.9 Å². The summed E-state index contributed by atoms with van der Waals surface area (Å²) in [5.74, 6) is -0.541. The topological polar surface area (TPSA) is 86.6 Å². The van der Waals surface area contributed by atoms with Crippen molar-refractivity contribution >= 4 is 17.7 Å². The molecule has 0 aliphatic carbocycles. The third-order valence-electron chi connectivity index (χ3n) is 2.31. The van der Waals surface area contributed by atoms with Crippen LogP contribution in [0.5, 0.6) is 0 Å². The van der Waals surface area contributed by atoms with Gasteiger partial charge < -0.3 is 14.0 Å². The average molecular weight is 308 g/mol. The third kappa shape index (κ3) is 5.82. The number of nitrogens with zero attached hydrogens (tertiary/aromatic N) is 1. The highest BCUT2D eigenvalue weighted by Crippen LogP contribution is 2.07. The highest BCUT2D eigenvalue weighted by Gasteiger charge is 2.17. The zero-order valence-electron chi connectivity index (χ0n) is 12.9. The van der Waals surface area contributed by atoms with Gasteiger partial charge >= 0.3 is 12.1 Å². The highest BCUT2D eigenvalue weighted by molar-refractivity contribution is 5.84. The molecule has 1 aromatic rings. The largest absolute Gasteiger partial charge is 0.459 e. The number of hydrogen-bond acceptors (Lipinski definition) is 5. The molecule has 1 N–H and O–H groups in total. The van der Waals surface area contributed by atoms with Gasteiger partial charge in [-0.1, -0.05) is 12.7 Å². The predicted octanol–water partition coefficient (Wildman–Crippen LogP) is 1.92. The Balaban J connectivity index is 2.81. The summed E-state index contributed by atoms with van der Waals surface area (Å²) in [5.41, 5.74) is -1.14. The van der Waals surface area contributed by atoms with Gasteiger partial charge in [0.05, 0.1) is 0 Å². The molecule has 1 rings (SSSR count). The van der Waals surface area contributed by atoms with Crippen LogP contribution in [0.3, 0.4) is 0 Å². The van der Waals surface area contributed by atoms with E-state index in [4.69, 9.17) is 9.47 Å². The molecule has 0 aliphatic heterocycles. The summed E-state index contributed by atoms with van der Waals surface area (Å²) in [6, 6.07) is 2.96. The standard InChI is InChI=1S/C15H20N2O5/c1-5-9-21-14(20)16-11-7-6-8-17(13(11)19)10-12(18)22-15(2,3)4/h5-8H,1,9-10H2,2-4H3,(H,16,20). The van der Waals surface area contributed by atoms with Gasteiger partial charge in [0.15, 0.2) is 0 Å². The second kappa shape index (κ2) is 7.44. The van der Waals surface area contributed by atoms with Gasteiger partial charge in [-0.2, -0.15) is 0 Å². The molecule has 0 aliphatic rings. The number of nitrogens with one attached hydrogen (secondary N) is 1. The number of rotatable bonds is 5. The number of ether oxygens (including phenoxy) is 2. The van der Waals surface area contributed by atoms with Gasteiger partial charge in [0.25, 0.3) is 5.56 Å². The molecule has 0 bridgehead atoms. The minimum absolute atomic E-state index is 0.0140. The predicted molar refractivity (Wildman–Crippen MR) is 81.7 cm³/mol. The Morgan fingerprint density at radius 1 is 1.41 bits per heavy atom. The van der Waals surface area contributed by atoms with Crippen molar-refractivity contribution in [3.8, 4) is 0 Å². The lowest BCUT2D eigenvalue weighted by Crippen LogP contribution is -2.31. The molecule has 0 fully saturated rings. The second-order valence-corrected chi connectivity index (χ2v) is 5.45. The SMILES string of the molecule is C=CCOC(=O)Nc1cccn(CC(=O)OC(C)(C)C)c1=O. The smallest absolute Gasteiger partial charge is 0.412 e. The van der Waals surface area contributed by atoms with Crippen LogP contribution < -0.4 is 10.9 Å². The monoisotopic (exact) mass is 308 g/mol. The van der Waals surface area contributed by atoms with Gasteiger partial charge in [0.1, 0.15) is 24.4 Å². The van der Waals surface area contributed by atoms with Gasteiger partial charge in [0.2, 0.25) is 0 Å². The van der Waals surface area contributed by atoms with Crippen molar-refractivity contribution in [1.82, 2.24) is 4.57 Å². The molecule has 7 heteroatoms. The molecule has 120 valence electrons. The number of hydrogen-bond donors (Lipinski definition) is 1. The molecular weight excluding hydrogens is 288 g/mol. The molecule has 0 saturated carbocycles. The van der Waals surface area contributed by atoms with Crippen molar-refractivity contribution in [3.63, 3.8) is 0 Å². The van der Waals surface area contributed by atoms with Crippen LogP contribution in [0.4, 0.5) is 10.5 Å². The van der Waals surface area contributed by atoms with Crippen LogP contribution in [0.2, 0.25) is 0 Å². The fraction of sp³-hybridized carbons (Fsp3) is 0.400. The first kappa shape index (κ1) is 17.5. The Bertz CT molecular complexity index is 613. The number of anilines is 1. The van der Waals surface area contributed by atoms with Crippen LogP contribution in [0.15, 0.2) is 35.8 Å². The van der Waals surface area contributed by atoms with E-state index in [0.717, 1.165) is 4.57 Å². The highest BCUT2D eigenvalue weighted by atomic mass is 16.6. The van der Waals surface area contributed by atoms with Crippen molar-refractivity contribution in [2.45, 2.75) is 32.9 Å². The number of amides is 1. The Kier molecular flexibility index (Phi) is 5.91. The summed E-state index contributed by atoms with van der Waals surface area (Å²) >= 11 is 0. The molecule has 7 nitrogen and oxygen atoms in total. The molecule has 0 unspecified atom stereocenters. The molecule has 1 amide bonds. The molecule has 0 spiro atoms. The van der Waals surface area contributed by atoms with Crippen LogP contribution >= 0.6 is 0 Å². The van der Waals surface area contributed by atoms with Gasteiger partial charge in [0, 0.05) is 6.20 Å². The maximum absolute atomic E-state index is 12.1. The molecular formula is C15H20N2O5. The Morgan fingerprint density at radius 3 is 2.68 bits per heavy atom. The van der Waals surface area contributed by atoms with E-state index in [1.807, 2.05) is 0 Å². The summed E-state index contributed by atoms with van der Waals surface area (Å²) in [4.78, 5) is 35.3. The van der Waals surface area contributed by atoms with Crippen molar-refractivity contribution < 1.29 is 19.1 Å². The second-order valence-electron chi connectivity index (χ2n) is 5.45. The van der Waals surface area contributed by atoms with E-state index in [1.165, 1.54) is 24.4 Å². The lowest BCUT2D eigenvalue weighted by atomic mass is 10.2. The van der Waals surface area contributed by atoms with Crippen molar-refractivity contribution in [2.75, 3.05) is 11.9 Å². The van der Waals surface area contributed by atoms with Crippen molar-refractivity contribution in [3.05, 3.63) is 41.3 Å². The Morgan fingerprint density at radius 2 is 2.09 bits per heavy atom. The number of esters is 1. The summed E-state index contributed by atoms with van der Waals surface area (Å²) < 4.78 is 11.0. The Labute approximate surface area is 128 Å². The van der Waals surface area contributed by atoms with E-state index in [9.17, 15) is 14.4 Å². The summed E-state index contributed by atoms with van der Waals surface area (Å²) in [6.07, 6.45) is 2.07. The number of pyridine rings is 1. The minimum atomic E-state index is -0.771. The van der Waals surface area contributed by atoms with E-state index < -0.39 is 23.2 Å². The van der Waals surface area contributed by atoms with Crippen LogP contribution in [-0.2, 0) is 20.8 Å². The van der Waals surface area contributed by atoms with E-state index in [1.54, 1.807) is 20.8 Å². The molecule has 22 heavy (non-hydrogen) atoms. The first-order valence-electron chi connectivity index (χ1n) is 6.69. The van der Waals surface area contributed by atoms with Crippen LogP contribution in [-0.4, -0.2) is 28.8 Å². The van der Waals surface area contributed by atoms with Crippen molar-refractivity contribution in [2.24, 2.45) is 0 Å². The van der Waals surface area contributed by atoms with Crippen LogP contribution in [0, 0.1) is 0 Å². The fourth-order valence-corrected chi connectivity index (χ4v) is 1.55. The zero-order chi connectivity index (χ0) is 16.8. The molecule has 1 aromatic heterocycles. The number of carbonyl (C=O) groups excluding carboxylic acids is 2. The maximum atomic E-state index is 12.1. The van der Waals surface area contributed by atoms with Gasteiger partial charge in [-0.05, 0) is 32.9 Å². The molecule has 0 saturated heterocycles. The first-order valence-corrected chi connectivity index (χ1v) is 6.69. The summed E-state index contributed by atoms with van der Waals surface area (Å²) in [5, 5.41) is 2.31. The van der Waals surface area contributed by atoms with Crippen molar-refractivity contribution in [1.29, 1.82) is 0 Å². The van der Waals surface area contributed by atoms with Gasteiger partial charge in [-0.25, -0.2) is 4.79 Å². The van der Waals surface area contributed by atoms with E-state index in [-0.39, 0.29) is 18.8 Å². The van der Waals surface area contributed by atoms with Crippen LogP contribution in [0.25, 0.3) is 0 Å². The van der Waals surface area contributed by atoms with E-state index >= 15 is 0 Å². The number of carbonyl (C=O) groups is 2. The minimum Gasteiger partial charge on any atom is -0.459 e. The lowest BCUT2D eigenvalue weighted by molar-refractivity contribution is -0.155. The molecule has 0 radical (unpaired) electrons. The lowest BCUT2D eigenvalue weighted by Gasteiger charge is -2.19. The third-order valence-corrected chi connectivity index (χ3v) is 2.31. The molecule has 0 atom stereocenters. The Hall–Kier alpha value is -2.57. The molecule has 0 aromatic carbocycles. The quantitative estimate of drug-likeness (QED) is 0.663. The normalized spacial score (nSPS) is 10.7. The zero-order valence-corrected chi connectivity index (χ0v) is 12.9. The molecule has 1 heterocycles. The van der Waals surface area contributed by atoms with Crippen LogP contribution in [0.1, 0.15) is 20.8 Å². The first-order chi connectivity index (χ1) is 10.2. The number of aromatic nitrogens is 1. The summed E-state index contributed by atoms with van der Waals surface area (Å²) in [6.45, 7) is 8.41. The fourth-order valence-electron chi connectivity index (χ4n) is 1.55. The maximum Gasteiger partial charge on any atom is 0.412 e. The van der Waals surface area contributed by atoms with E-state index in [2.05, 4.69) is 11.9 Å². The average Bonchev–Trinajstić information content (AvgIpc) is 2.39. The summed E-state index contributed by atoms with van der Waals surface area (Å²) in [7, 11) is 0. The van der Waals surface area contributed by atoms with E-state index in [0.29, 0.717) is 0 Å².